The fraction of sp³-hybridized carbons (Fsp3) is 0.833. The summed E-state index contributed by atoms with van der Waals surface area (Å²) in [5, 5.41) is 11.5. The van der Waals surface area contributed by atoms with E-state index in [1.165, 1.54) is 6.92 Å². The Kier molecular flexibility index (Phi) is 5.55. The van der Waals surface area contributed by atoms with E-state index in [2.05, 4.69) is 12.2 Å². The van der Waals surface area contributed by atoms with Crippen molar-refractivity contribution in [3.05, 3.63) is 0 Å². The number of ether oxygens (including phenoxy) is 1. The number of nitrogens with zero attached hydrogens (tertiary/aromatic N) is 1. The van der Waals surface area contributed by atoms with Crippen LogP contribution >= 0.6 is 0 Å². The van der Waals surface area contributed by atoms with Gasteiger partial charge in [0.2, 0.25) is 5.91 Å². The van der Waals surface area contributed by atoms with Gasteiger partial charge in [0.25, 0.3) is 0 Å². The van der Waals surface area contributed by atoms with Gasteiger partial charge >= 0.3 is 5.97 Å². The predicted molar refractivity (Wildman–Crippen MR) is 66.3 cm³/mol. The molecule has 6 heteroatoms. The maximum atomic E-state index is 11.1. The van der Waals surface area contributed by atoms with Crippen molar-refractivity contribution in [1.29, 1.82) is 0 Å². The first-order chi connectivity index (χ1) is 8.43. The average molecular weight is 258 g/mol. The van der Waals surface area contributed by atoms with Crippen molar-refractivity contribution in [3.63, 3.8) is 0 Å². The number of hydrogen-bond donors (Lipinski definition) is 2. The molecular formula is C12H22N2O4. The van der Waals surface area contributed by atoms with E-state index < -0.39 is 12.0 Å². The standard InChI is InChI=1S/C12H22N2O4/c1-8-4-5-14(7-11(8)18-3)6-10(12(16)17)13-9(2)15/h8,10-11H,4-7H2,1-3H3,(H,13,15)(H,16,17). The quantitative estimate of drug-likeness (QED) is 0.722. The van der Waals surface area contributed by atoms with Crippen LogP contribution in [-0.2, 0) is 14.3 Å². The highest BCUT2D eigenvalue weighted by Gasteiger charge is 2.29. The van der Waals surface area contributed by atoms with E-state index in [1.807, 2.05) is 4.90 Å². The van der Waals surface area contributed by atoms with Crippen molar-refractivity contribution in [2.45, 2.75) is 32.4 Å². The van der Waals surface area contributed by atoms with Crippen LogP contribution in [0.25, 0.3) is 0 Å². The fourth-order valence-electron chi connectivity index (χ4n) is 2.26. The predicted octanol–water partition coefficient (Wildman–Crippen LogP) is -0.0675. The summed E-state index contributed by atoms with van der Waals surface area (Å²) < 4.78 is 5.38. The molecule has 0 bridgehead atoms. The van der Waals surface area contributed by atoms with E-state index in [-0.39, 0.29) is 12.0 Å². The minimum atomic E-state index is -1.00. The molecule has 1 amide bonds. The third kappa shape index (κ3) is 4.27. The van der Waals surface area contributed by atoms with E-state index in [0.29, 0.717) is 19.0 Å². The molecule has 0 radical (unpaired) electrons. The Labute approximate surface area is 107 Å². The lowest BCUT2D eigenvalue weighted by atomic mass is 9.95. The Morgan fingerprint density at radius 3 is 2.72 bits per heavy atom. The summed E-state index contributed by atoms with van der Waals surface area (Å²) in [6.07, 6.45) is 1.11. The number of methoxy groups -OCH3 is 1. The van der Waals surface area contributed by atoms with E-state index in [4.69, 9.17) is 9.84 Å². The molecule has 1 fully saturated rings. The number of likely N-dealkylation sites (tertiary alicyclic amines) is 1. The van der Waals surface area contributed by atoms with Crippen molar-refractivity contribution in [3.8, 4) is 0 Å². The monoisotopic (exact) mass is 258 g/mol. The average Bonchev–Trinajstić information content (AvgIpc) is 2.29. The number of rotatable bonds is 5. The highest BCUT2D eigenvalue weighted by molar-refractivity contribution is 5.82. The lowest BCUT2D eigenvalue weighted by Crippen LogP contribution is -2.52. The molecule has 104 valence electrons. The Morgan fingerprint density at radius 2 is 2.22 bits per heavy atom. The molecule has 1 heterocycles. The number of carbonyl (C=O) groups is 2. The van der Waals surface area contributed by atoms with Crippen molar-refractivity contribution < 1.29 is 19.4 Å². The molecule has 2 N–H and O–H groups in total. The zero-order valence-electron chi connectivity index (χ0n) is 11.2. The highest BCUT2D eigenvalue weighted by atomic mass is 16.5. The maximum Gasteiger partial charge on any atom is 0.327 e. The van der Waals surface area contributed by atoms with Crippen LogP contribution in [-0.4, -0.2) is 60.8 Å². The Morgan fingerprint density at radius 1 is 1.56 bits per heavy atom. The smallest absolute Gasteiger partial charge is 0.327 e. The number of piperidine rings is 1. The molecule has 18 heavy (non-hydrogen) atoms. The second-order valence-corrected chi connectivity index (χ2v) is 4.89. The molecular weight excluding hydrogens is 236 g/mol. The van der Waals surface area contributed by atoms with Crippen LogP contribution < -0.4 is 5.32 Å². The van der Waals surface area contributed by atoms with E-state index >= 15 is 0 Å². The van der Waals surface area contributed by atoms with Crippen molar-refractivity contribution in [2.75, 3.05) is 26.7 Å². The molecule has 0 saturated carbocycles. The van der Waals surface area contributed by atoms with Gasteiger partial charge in [-0.15, -0.1) is 0 Å². The van der Waals surface area contributed by atoms with E-state index in [0.717, 1.165) is 13.0 Å². The molecule has 0 aromatic rings. The largest absolute Gasteiger partial charge is 0.480 e. The van der Waals surface area contributed by atoms with Gasteiger partial charge in [-0.25, -0.2) is 4.79 Å². The molecule has 1 aliphatic rings. The zero-order chi connectivity index (χ0) is 13.7. The minimum Gasteiger partial charge on any atom is -0.480 e. The number of carboxylic acid groups (broad SMARTS) is 1. The van der Waals surface area contributed by atoms with Gasteiger partial charge in [-0.05, 0) is 18.9 Å². The minimum absolute atomic E-state index is 0.130. The van der Waals surface area contributed by atoms with Gasteiger partial charge < -0.3 is 15.2 Å². The second-order valence-electron chi connectivity index (χ2n) is 4.89. The Bertz CT molecular complexity index is 308. The van der Waals surface area contributed by atoms with Crippen LogP contribution in [0.5, 0.6) is 0 Å². The van der Waals surface area contributed by atoms with Crippen LogP contribution in [0.3, 0.4) is 0 Å². The third-order valence-electron chi connectivity index (χ3n) is 3.39. The number of nitrogens with one attached hydrogen (secondary N) is 1. The molecule has 1 aliphatic heterocycles. The summed E-state index contributed by atoms with van der Waals surface area (Å²) in [6.45, 7) is 5.33. The third-order valence-corrected chi connectivity index (χ3v) is 3.39. The molecule has 3 unspecified atom stereocenters. The van der Waals surface area contributed by atoms with Gasteiger partial charge in [-0.3, -0.25) is 9.69 Å². The van der Waals surface area contributed by atoms with Gasteiger partial charge in [-0.2, -0.15) is 0 Å². The van der Waals surface area contributed by atoms with Crippen LogP contribution in [0, 0.1) is 5.92 Å². The van der Waals surface area contributed by atoms with Gasteiger partial charge in [0.1, 0.15) is 6.04 Å². The summed E-state index contributed by atoms with van der Waals surface area (Å²) in [5.74, 6) is -0.843. The lowest BCUT2D eigenvalue weighted by molar-refractivity contribution is -0.142. The molecule has 3 atom stereocenters. The topological polar surface area (TPSA) is 78.9 Å². The van der Waals surface area contributed by atoms with Crippen LogP contribution in [0.2, 0.25) is 0 Å². The normalized spacial score (nSPS) is 26.6. The van der Waals surface area contributed by atoms with Crippen LogP contribution in [0.15, 0.2) is 0 Å². The van der Waals surface area contributed by atoms with Gasteiger partial charge in [0.05, 0.1) is 6.10 Å². The maximum absolute atomic E-state index is 11.1. The number of carbonyl (C=O) groups excluding carboxylic acids is 1. The summed E-state index contributed by atoms with van der Waals surface area (Å²) in [5.41, 5.74) is 0. The van der Waals surface area contributed by atoms with Crippen LogP contribution in [0.4, 0.5) is 0 Å². The molecule has 0 aromatic heterocycles. The fourth-order valence-corrected chi connectivity index (χ4v) is 2.26. The first-order valence-electron chi connectivity index (χ1n) is 6.19. The second kappa shape index (κ2) is 6.70. The van der Waals surface area contributed by atoms with Crippen molar-refractivity contribution in [1.82, 2.24) is 10.2 Å². The number of aliphatic carboxylic acids is 1. The molecule has 0 spiro atoms. The number of amides is 1. The SMILES string of the molecule is COC1CN(CC(NC(C)=O)C(=O)O)CCC1C. The summed E-state index contributed by atoms with van der Waals surface area (Å²) in [4.78, 5) is 24.0. The Hall–Kier alpha value is -1.14. The first-order valence-corrected chi connectivity index (χ1v) is 6.19. The van der Waals surface area contributed by atoms with Gasteiger partial charge in [0, 0.05) is 27.1 Å². The van der Waals surface area contributed by atoms with Crippen molar-refractivity contribution >= 4 is 11.9 Å². The Balaban J connectivity index is 2.54. The molecule has 1 saturated heterocycles. The molecule has 0 aliphatic carbocycles. The summed E-state index contributed by atoms with van der Waals surface area (Å²) in [6, 6.07) is -0.853. The van der Waals surface area contributed by atoms with Gasteiger partial charge in [0.15, 0.2) is 0 Å². The summed E-state index contributed by atoms with van der Waals surface area (Å²) >= 11 is 0. The van der Waals surface area contributed by atoms with E-state index in [1.54, 1.807) is 7.11 Å². The van der Waals surface area contributed by atoms with Crippen LogP contribution in [0.1, 0.15) is 20.3 Å². The zero-order valence-corrected chi connectivity index (χ0v) is 11.2. The summed E-state index contributed by atoms with van der Waals surface area (Å²) in [7, 11) is 1.67. The van der Waals surface area contributed by atoms with E-state index in [9.17, 15) is 9.59 Å². The number of carboxylic acids is 1. The molecule has 1 rings (SSSR count). The lowest BCUT2D eigenvalue weighted by Gasteiger charge is -2.37. The first kappa shape index (κ1) is 14.9. The number of hydrogen-bond acceptors (Lipinski definition) is 4. The van der Waals surface area contributed by atoms with Crippen molar-refractivity contribution in [2.24, 2.45) is 5.92 Å². The molecule has 6 nitrogen and oxygen atoms in total. The molecule has 0 aromatic carbocycles. The van der Waals surface area contributed by atoms with Gasteiger partial charge in [-0.1, -0.05) is 6.92 Å². The highest BCUT2D eigenvalue weighted by Crippen LogP contribution is 2.19.